The molecule has 15 heavy (non-hydrogen) atoms. The summed E-state index contributed by atoms with van der Waals surface area (Å²) in [5.41, 5.74) is 8.05. The molecule has 0 aromatic heterocycles. The van der Waals surface area contributed by atoms with Crippen LogP contribution >= 0.6 is 0 Å². The van der Waals surface area contributed by atoms with Crippen LogP contribution in [0.1, 0.15) is 30.5 Å². The van der Waals surface area contributed by atoms with Crippen molar-refractivity contribution in [3.05, 3.63) is 41.2 Å². The lowest BCUT2D eigenvalue weighted by atomic mass is 9.96. The fraction of sp³-hybridized carbons (Fsp3) is 0.333. The smallest absolute Gasteiger partial charge is 0.165 e. The number of aromatic hydroxyl groups is 1. The molecule has 0 amide bonds. The van der Waals surface area contributed by atoms with E-state index in [-0.39, 0.29) is 5.75 Å². The van der Waals surface area contributed by atoms with Crippen LogP contribution in [0.4, 0.5) is 4.39 Å². The molecule has 0 aliphatic rings. The predicted molar refractivity (Wildman–Crippen MR) is 59.2 cm³/mol. The first kappa shape index (κ1) is 11.7. The molecular weight excluding hydrogens is 193 g/mol. The van der Waals surface area contributed by atoms with Crippen molar-refractivity contribution < 1.29 is 9.50 Å². The second-order valence-electron chi connectivity index (χ2n) is 3.89. The molecule has 0 radical (unpaired) electrons. The Morgan fingerprint density at radius 1 is 1.60 bits per heavy atom. The lowest BCUT2D eigenvalue weighted by molar-refractivity contribution is 0.419. The minimum Gasteiger partial charge on any atom is -0.505 e. The molecular formula is C12H16FNO. The molecule has 2 nitrogen and oxygen atoms in total. The summed E-state index contributed by atoms with van der Waals surface area (Å²) >= 11 is 0. The van der Waals surface area contributed by atoms with Crippen molar-refractivity contribution >= 4 is 0 Å². The summed E-state index contributed by atoms with van der Waals surface area (Å²) in [5, 5.41) is 9.58. The number of nitrogens with two attached hydrogens (primary N) is 1. The summed E-state index contributed by atoms with van der Waals surface area (Å²) in [6, 6.07) is 2.45. The van der Waals surface area contributed by atoms with E-state index in [2.05, 4.69) is 6.58 Å². The summed E-state index contributed by atoms with van der Waals surface area (Å²) in [6.07, 6.45) is 0.540. The Morgan fingerprint density at radius 2 is 2.20 bits per heavy atom. The molecule has 3 heteroatoms. The fourth-order valence-electron chi connectivity index (χ4n) is 1.63. The third-order valence-electron chi connectivity index (χ3n) is 2.33. The quantitative estimate of drug-likeness (QED) is 0.752. The van der Waals surface area contributed by atoms with Gasteiger partial charge in [0, 0.05) is 11.6 Å². The van der Waals surface area contributed by atoms with Crippen LogP contribution in [0.15, 0.2) is 24.3 Å². The highest BCUT2D eigenvalue weighted by atomic mass is 19.1. The number of benzene rings is 1. The van der Waals surface area contributed by atoms with Gasteiger partial charge in [-0.15, -0.1) is 6.58 Å². The van der Waals surface area contributed by atoms with E-state index in [0.717, 1.165) is 11.1 Å². The molecule has 0 saturated heterocycles. The van der Waals surface area contributed by atoms with Crippen molar-refractivity contribution in [2.45, 2.75) is 26.3 Å². The Morgan fingerprint density at radius 3 is 2.73 bits per heavy atom. The Labute approximate surface area is 89.2 Å². The summed E-state index contributed by atoms with van der Waals surface area (Å²) < 4.78 is 13.1. The maximum atomic E-state index is 13.1. The molecule has 0 unspecified atom stereocenters. The lowest BCUT2D eigenvalue weighted by Crippen LogP contribution is -2.12. The summed E-state index contributed by atoms with van der Waals surface area (Å²) in [4.78, 5) is 0. The van der Waals surface area contributed by atoms with E-state index in [1.807, 2.05) is 6.92 Å². The first-order valence-electron chi connectivity index (χ1n) is 4.81. The van der Waals surface area contributed by atoms with Crippen LogP contribution in [-0.2, 0) is 0 Å². The molecule has 0 bridgehead atoms. The number of phenolic OH excluding ortho intramolecular Hbond substituents is 1. The highest BCUT2D eigenvalue weighted by molar-refractivity contribution is 5.42. The van der Waals surface area contributed by atoms with Gasteiger partial charge in [0.1, 0.15) is 0 Å². The summed E-state index contributed by atoms with van der Waals surface area (Å²) in [7, 11) is 0. The van der Waals surface area contributed by atoms with Crippen molar-refractivity contribution in [1.82, 2.24) is 0 Å². The Hall–Kier alpha value is -1.35. The monoisotopic (exact) mass is 209 g/mol. The number of halogens is 1. The molecule has 82 valence electrons. The highest BCUT2D eigenvalue weighted by Crippen LogP contribution is 2.31. The van der Waals surface area contributed by atoms with E-state index in [1.165, 1.54) is 6.07 Å². The zero-order chi connectivity index (χ0) is 11.6. The average Bonchev–Trinajstić information content (AvgIpc) is 2.11. The molecule has 0 heterocycles. The second-order valence-corrected chi connectivity index (χ2v) is 3.89. The molecule has 1 rings (SSSR count). The maximum absolute atomic E-state index is 13.1. The van der Waals surface area contributed by atoms with Crippen molar-refractivity contribution in [1.29, 1.82) is 0 Å². The van der Waals surface area contributed by atoms with E-state index < -0.39 is 11.9 Å². The molecule has 0 spiro atoms. The molecule has 3 N–H and O–H groups in total. The lowest BCUT2D eigenvalue weighted by Gasteiger charge is -2.16. The Kier molecular flexibility index (Phi) is 3.48. The van der Waals surface area contributed by atoms with Gasteiger partial charge in [0.2, 0.25) is 0 Å². The summed E-state index contributed by atoms with van der Waals surface area (Å²) in [6.45, 7) is 7.40. The number of rotatable bonds is 3. The van der Waals surface area contributed by atoms with Crippen LogP contribution < -0.4 is 5.73 Å². The van der Waals surface area contributed by atoms with Gasteiger partial charge in [-0.05, 0) is 31.9 Å². The maximum Gasteiger partial charge on any atom is 0.165 e. The fourth-order valence-corrected chi connectivity index (χ4v) is 1.63. The van der Waals surface area contributed by atoms with Gasteiger partial charge >= 0.3 is 0 Å². The first-order chi connectivity index (χ1) is 6.93. The number of phenols is 1. The van der Waals surface area contributed by atoms with Gasteiger partial charge in [0.15, 0.2) is 11.6 Å². The predicted octanol–water partition coefficient (Wildman–Crippen LogP) is 2.81. The van der Waals surface area contributed by atoms with E-state index in [0.29, 0.717) is 12.0 Å². The topological polar surface area (TPSA) is 46.2 Å². The first-order valence-corrected chi connectivity index (χ1v) is 4.81. The zero-order valence-corrected chi connectivity index (χ0v) is 9.05. The molecule has 1 aromatic rings. The van der Waals surface area contributed by atoms with E-state index in [9.17, 15) is 9.50 Å². The molecule has 0 aliphatic heterocycles. The van der Waals surface area contributed by atoms with Crippen LogP contribution in [0.25, 0.3) is 0 Å². The molecule has 1 atom stereocenters. The standard InChI is InChI=1S/C12H16FNO/c1-7(2)6-10(14)11-8(3)4-5-9(13)12(11)15/h4-5,10,15H,1,6,14H2,2-3H3/t10-/m1/s1. The molecule has 0 fully saturated rings. The van der Waals surface area contributed by atoms with Gasteiger partial charge in [0.05, 0.1) is 0 Å². The second kappa shape index (κ2) is 4.45. The van der Waals surface area contributed by atoms with Crippen molar-refractivity contribution in [3.63, 3.8) is 0 Å². The zero-order valence-electron chi connectivity index (χ0n) is 9.05. The van der Waals surface area contributed by atoms with Gasteiger partial charge in [-0.2, -0.15) is 0 Å². The third kappa shape index (κ3) is 2.57. The van der Waals surface area contributed by atoms with E-state index in [4.69, 9.17) is 5.73 Å². The minimum atomic E-state index is -0.632. The van der Waals surface area contributed by atoms with Crippen molar-refractivity contribution in [2.24, 2.45) is 5.73 Å². The van der Waals surface area contributed by atoms with Crippen LogP contribution in [-0.4, -0.2) is 5.11 Å². The molecule has 1 aromatic carbocycles. The van der Waals surface area contributed by atoms with Crippen molar-refractivity contribution in [3.8, 4) is 5.75 Å². The number of hydrogen-bond acceptors (Lipinski definition) is 2. The molecule has 0 aliphatic carbocycles. The van der Waals surface area contributed by atoms with Crippen LogP contribution in [0.5, 0.6) is 5.75 Å². The van der Waals surface area contributed by atoms with Gasteiger partial charge in [-0.1, -0.05) is 11.6 Å². The SMILES string of the molecule is C=C(C)C[C@@H](N)c1c(C)ccc(F)c1O. The van der Waals surface area contributed by atoms with E-state index >= 15 is 0 Å². The number of hydrogen-bond donors (Lipinski definition) is 2. The Bertz CT molecular complexity index is 387. The van der Waals surface area contributed by atoms with Gasteiger partial charge in [-0.25, -0.2) is 4.39 Å². The van der Waals surface area contributed by atoms with Crippen LogP contribution in [0, 0.1) is 12.7 Å². The average molecular weight is 209 g/mol. The van der Waals surface area contributed by atoms with Gasteiger partial charge in [-0.3, -0.25) is 0 Å². The van der Waals surface area contributed by atoms with Gasteiger partial charge in [0.25, 0.3) is 0 Å². The summed E-state index contributed by atoms with van der Waals surface area (Å²) in [5.74, 6) is -0.975. The normalized spacial score (nSPS) is 12.5. The number of aryl methyl sites for hydroxylation is 1. The largest absolute Gasteiger partial charge is 0.505 e. The molecule has 0 saturated carbocycles. The van der Waals surface area contributed by atoms with Crippen molar-refractivity contribution in [2.75, 3.05) is 0 Å². The van der Waals surface area contributed by atoms with Crippen LogP contribution in [0.3, 0.4) is 0 Å². The van der Waals surface area contributed by atoms with E-state index in [1.54, 1.807) is 13.0 Å². The third-order valence-corrected chi connectivity index (χ3v) is 2.33. The van der Waals surface area contributed by atoms with Crippen LogP contribution in [0.2, 0.25) is 0 Å². The van der Waals surface area contributed by atoms with Gasteiger partial charge < -0.3 is 10.8 Å². The highest BCUT2D eigenvalue weighted by Gasteiger charge is 2.16. The Balaban J connectivity index is 3.12. The minimum absolute atomic E-state index is 0.344.